The molecule has 0 aliphatic carbocycles. The SMILES string of the molecule is CCCC([O])OCc1ccccc1. The van der Waals surface area contributed by atoms with Gasteiger partial charge < -0.3 is 4.74 Å². The normalized spacial score (nSPS) is 12.8. The first kappa shape index (κ1) is 10.2. The minimum atomic E-state index is -0.870. The van der Waals surface area contributed by atoms with E-state index in [1.165, 1.54) is 0 Å². The molecule has 0 aliphatic rings. The zero-order valence-electron chi connectivity index (χ0n) is 7.90. The van der Waals surface area contributed by atoms with Crippen LogP contribution >= 0.6 is 0 Å². The molecule has 1 rings (SSSR count). The van der Waals surface area contributed by atoms with Gasteiger partial charge in [-0.05, 0) is 5.56 Å². The summed E-state index contributed by atoms with van der Waals surface area (Å²) in [6.07, 6.45) is 0.598. The lowest BCUT2D eigenvalue weighted by atomic mass is 10.2. The van der Waals surface area contributed by atoms with Crippen molar-refractivity contribution in [3.05, 3.63) is 35.9 Å². The van der Waals surface area contributed by atoms with Crippen molar-refractivity contribution in [3.63, 3.8) is 0 Å². The number of ether oxygens (including phenoxy) is 1. The second-order valence-corrected chi connectivity index (χ2v) is 3.01. The van der Waals surface area contributed by atoms with E-state index >= 15 is 0 Å². The van der Waals surface area contributed by atoms with Crippen molar-refractivity contribution < 1.29 is 9.84 Å². The molecule has 71 valence electrons. The summed E-state index contributed by atoms with van der Waals surface area (Å²) >= 11 is 0. The van der Waals surface area contributed by atoms with Crippen LogP contribution in [0.1, 0.15) is 25.3 Å². The van der Waals surface area contributed by atoms with Crippen LogP contribution in [0.15, 0.2) is 30.3 Å². The topological polar surface area (TPSA) is 29.1 Å². The summed E-state index contributed by atoms with van der Waals surface area (Å²) in [6.45, 7) is 2.41. The highest BCUT2D eigenvalue weighted by Crippen LogP contribution is 2.05. The summed E-state index contributed by atoms with van der Waals surface area (Å²) in [5.74, 6) is 0. The highest BCUT2D eigenvalue weighted by atomic mass is 16.6. The molecule has 0 N–H and O–H groups in total. The maximum Gasteiger partial charge on any atom is 0.191 e. The van der Waals surface area contributed by atoms with Gasteiger partial charge in [-0.1, -0.05) is 43.7 Å². The second-order valence-electron chi connectivity index (χ2n) is 3.01. The van der Waals surface area contributed by atoms with Gasteiger partial charge in [0.1, 0.15) is 0 Å². The predicted molar refractivity (Wildman–Crippen MR) is 50.6 cm³/mol. The van der Waals surface area contributed by atoms with E-state index in [1.54, 1.807) is 0 Å². The minimum absolute atomic E-state index is 0.426. The van der Waals surface area contributed by atoms with Gasteiger partial charge in [0.05, 0.1) is 6.61 Å². The summed E-state index contributed by atoms with van der Waals surface area (Å²) in [4.78, 5) is 0. The molecular formula is C11H15O2. The number of benzene rings is 1. The molecule has 1 aromatic rings. The van der Waals surface area contributed by atoms with Crippen molar-refractivity contribution >= 4 is 0 Å². The van der Waals surface area contributed by atoms with E-state index in [9.17, 15) is 5.11 Å². The van der Waals surface area contributed by atoms with Crippen LogP contribution < -0.4 is 0 Å². The first-order valence-corrected chi connectivity index (χ1v) is 4.64. The minimum Gasteiger partial charge on any atom is -0.345 e. The van der Waals surface area contributed by atoms with Gasteiger partial charge in [-0.15, -0.1) is 0 Å². The molecular weight excluding hydrogens is 164 g/mol. The average molecular weight is 179 g/mol. The van der Waals surface area contributed by atoms with Crippen molar-refractivity contribution in [1.29, 1.82) is 0 Å². The van der Waals surface area contributed by atoms with Crippen molar-refractivity contribution in [2.24, 2.45) is 0 Å². The number of hydrogen-bond donors (Lipinski definition) is 0. The van der Waals surface area contributed by atoms with Crippen LogP contribution in [-0.2, 0) is 16.5 Å². The molecule has 0 saturated heterocycles. The Kier molecular flexibility index (Phi) is 4.50. The monoisotopic (exact) mass is 179 g/mol. The molecule has 2 heteroatoms. The molecule has 0 aliphatic heterocycles. The lowest BCUT2D eigenvalue weighted by Crippen LogP contribution is -2.09. The first-order chi connectivity index (χ1) is 6.33. The zero-order valence-corrected chi connectivity index (χ0v) is 7.90. The molecule has 1 radical (unpaired) electrons. The molecule has 1 unspecified atom stereocenters. The summed E-state index contributed by atoms with van der Waals surface area (Å²) < 4.78 is 5.11. The van der Waals surface area contributed by atoms with Crippen molar-refractivity contribution in [3.8, 4) is 0 Å². The van der Waals surface area contributed by atoms with Crippen LogP contribution in [0.5, 0.6) is 0 Å². The van der Waals surface area contributed by atoms with Crippen LogP contribution in [0, 0.1) is 0 Å². The highest BCUT2D eigenvalue weighted by molar-refractivity contribution is 5.13. The average Bonchev–Trinajstić information content (AvgIpc) is 2.17. The smallest absolute Gasteiger partial charge is 0.191 e. The third-order valence-corrected chi connectivity index (χ3v) is 1.80. The van der Waals surface area contributed by atoms with Crippen LogP contribution in [0.25, 0.3) is 0 Å². The summed E-state index contributed by atoms with van der Waals surface area (Å²) in [5, 5.41) is 11.1. The van der Waals surface area contributed by atoms with E-state index in [1.807, 2.05) is 37.3 Å². The van der Waals surface area contributed by atoms with E-state index in [0.717, 1.165) is 12.0 Å². The molecule has 0 heterocycles. The number of hydrogen-bond acceptors (Lipinski definition) is 1. The molecule has 1 aromatic carbocycles. The predicted octanol–water partition coefficient (Wildman–Crippen LogP) is 2.76. The summed E-state index contributed by atoms with van der Waals surface area (Å²) in [7, 11) is 0. The fourth-order valence-corrected chi connectivity index (χ4v) is 1.08. The van der Waals surface area contributed by atoms with Crippen LogP contribution in [-0.4, -0.2) is 6.29 Å². The Bertz CT molecular complexity index is 221. The maximum absolute atomic E-state index is 11.1. The highest BCUT2D eigenvalue weighted by Gasteiger charge is 2.03. The van der Waals surface area contributed by atoms with Crippen LogP contribution in [0.2, 0.25) is 0 Å². The Morgan fingerprint density at radius 3 is 2.62 bits per heavy atom. The molecule has 0 amide bonds. The standard InChI is InChI=1S/C11H15O2/c1-2-6-11(12)13-9-10-7-4-3-5-8-10/h3-5,7-8,11H,2,6,9H2,1H3. The van der Waals surface area contributed by atoms with Crippen LogP contribution in [0.3, 0.4) is 0 Å². The van der Waals surface area contributed by atoms with E-state index in [0.29, 0.717) is 13.0 Å². The van der Waals surface area contributed by atoms with Gasteiger partial charge in [0.15, 0.2) is 6.29 Å². The Morgan fingerprint density at radius 1 is 1.31 bits per heavy atom. The molecule has 0 aromatic heterocycles. The quantitative estimate of drug-likeness (QED) is 0.639. The summed E-state index contributed by atoms with van der Waals surface area (Å²) in [5.41, 5.74) is 1.06. The molecule has 0 spiro atoms. The van der Waals surface area contributed by atoms with Gasteiger partial charge in [-0.3, -0.25) is 0 Å². The first-order valence-electron chi connectivity index (χ1n) is 4.64. The fourth-order valence-electron chi connectivity index (χ4n) is 1.08. The van der Waals surface area contributed by atoms with Crippen LogP contribution in [0.4, 0.5) is 0 Å². The van der Waals surface area contributed by atoms with Gasteiger partial charge in [0, 0.05) is 6.42 Å². The van der Waals surface area contributed by atoms with Gasteiger partial charge in [-0.2, -0.15) is 0 Å². The molecule has 1 atom stereocenters. The van der Waals surface area contributed by atoms with E-state index in [2.05, 4.69) is 0 Å². The Morgan fingerprint density at radius 2 is 2.00 bits per heavy atom. The van der Waals surface area contributed by atoms with Gasteiger partial charge in [0.25, 0.3) is 0 Å². The van der Waals surface area contributed by atoms with Crippen molar-refractivity contribution in [2.45, 2.75) is 32.7 Å². The lowest BCUT2D eigenvalue weighted by molar-refractivity contribution is -0.151. The zero-order chi connectivity index (χ0) is 9.52. The third-order valence-electron chi connectivity index (χ3n) is 1.80. The third kappa shape index (κ3) is 4.06. The Labute approximate surface area is 79.2 Å². The summed E-state index contributed by atoms with van der Waals surface area (Å²) in [6, 6.07) is 9.75. The molecule has 0 saturated carbocycles. The molecule has 13 heavy (non-hydrogen) atoms. The van der Waals surface area contributed by atoms with Gasteiger partial charge >= 0.3 is 0 Å². The fraction of sp³-hybridized carbons (Fsp3) is 0.455. The molecule has 0 fully saturated rings. The Balaban J connectivity index is 2.27. The largest absolute Gasteiger partial charge is 0.345 e. The van der Waals surface area contributed by atoms with Crippen molar-refractivity contribution in [1.82, 2.24) is 0 Å². The van der Waals surface area contributed by atoms with Crippen molar-refractivity contribution in [2.75, 3.05) is 0 Å². The van der Waals surface area contributed by atoms with E-state index in [-0.39, 0.29) is 0 Å². The van der Waals surface area contributed by atoms with Gasteiger partial charge in [0.2, 0.25) is 0 Å². The Hall–Kier alpha value is -0.860. The second kappa shape index (κ2) is 5.73. The van der Waals surface area contributed by atoms with E-state index < -0.39 is 6.29 Å². The maximum atomic E-state index is 11.1. The lowest BCUT2D eigenvalue weighted by Gasteiger charge is -2.08. The number of rotatable bonds is 5. The van der Waals surface area contributed by atoms with E-state index in [4.69, 9.17) is 4.74 Å². The molecule has 2 nitrogen and oxygen atoms in total. The molecule has 0 bridgehead atoms. The van der Waals surface area contributed by atoms with Gasteiger partial charge in [-0.25, -0.2) is 5.11 Å².